The van der Waals surface area contributed by atoms with Crippen molar-refractivity contribution < 1.29 is 14.3 Å². The summed E-state index contributed by atoms with van der Waals surface area (Å²) in [7, 11) is 0. The molecule has 1 unspecified atom stereocenters. The van der Waals surface area contributed by atoms with Crippen LogP contribution in [0.5, 0.6) is 0 Å². The van der Waals surface area contributed by atoms with Gasteiger partial charge in [0, 0.05) is 51.2 Å². The SMILES string of the molecule is CCOCCCNC(=O)C1CCN(C(=O)NC(C)c2ccncc2)CC1. The van der Waals surface area contributed by atoms with E-state index in [1.807, 2.05) is 26.0 Å². The topological polar surface area (TPSA) is 83.6 Å². The first kappa shape index (κ1) is 20.2. The quantitative estimate of drug-likeness (QED) is 0.694. The monoisotopic (exact) mass is 362 g/mol. The number of nitrogens with one attached hydrogen (secondary N) is 2. The predicted molar refractivity (Wildman–Crippen MR) is 99.6 cm³/mol. The van der Waals surface area contributed by atoms with Crippen LogP contribution in [0.4, 0.5) is 4.79 Å². The Kier molecular flexibility index (Phi) is 8.34. The molecule has 3 amide bonds. The average Bonchev–Trinajstić information content (AvgIpc) is 2.68. The van der Waals surface area contributed by atoms with E-state index in [0.717, 1.165) is 12.0 Å². The summed E-state index contributed by atoms with van der Waals surface area (Å²) in [5.74, 6) is 0.0791. The molecule has 1 fully saturated rings. The number of hydrogen-bond acceptors (Lipinski definition) is 4. The fraction of sp³-hybridized carbons (Fsp3) is 0.632. The molecule has 0 bridgehead atoms. The van der Waals surface area contributed by atoms with Crippen LogP contribution in [0.15, 0.2) is 24.5 Å². The predicted octanol–water partition coefficient (Wildman–Crippen LogP) is 2.11. The lowest BCUT2D eigenvalue weighted by Crippen LogP contribution is -2.47. The Labute approximate surface area is 155 Å². The summed E-state index contributed by atoms with van der Waals surface area (Å²) in [6.07, 6.45) is 5.67. The van der Waals surface area contributed by atoms with Crippen LogP contribution >= 0.6 is 0 Å². The number of hydrogen-bond donors (Lipinski definition) is 2. The van der Waals surface area contributed by atoms with Gasteiger partial charge in [-0.2, -0.15) is 0 Å². The second-order valence-electron chi connectivity index (χ2n) is 6.55. The van der Waals surface area contributed by atoms with E-state index in [9.17, 15) is 9.59 Å². The second-order valence-corrected chi connectivity index (χ2v) is 6.55. The number of carbonyl (C=O) groups is 2. The maximum Gasteiger partial charge on any atom is 0.317 e. The molecule has 144 valence electrons. The van der Waals surface area contributed by atoms with Crippen molar-refractivity contribution in [3.63, 3.8) is 0 Å². The Morgan fingerprint density at radius 2 is 2.00 bits per heavy atom. The molecular formula is C19H30N4O3. The number of piperidine rings is 1. The molecule has 0 aromatic carbocycles. The molecule has 1 saturated heterocycles. The van der Waals surface area contributed by atoms with Crippen molar-refractivity contribution >= 4 is 11.9 Å². The van der Waals surface area contributed by atoms with Crippen molar-refractivity contribution in [2.75, 3.05) is 32.8 Å². The van der Waals surface area contributed by atoms with Crippen molar-refractivity contribution in [1.82, 2.24) is 20.5 Å². The molecule has 7 heteroatoms. The zero-order valence-corrected chi connectivity index (χ0v) is 15.7. The molecule has 2 heterocycles. The van der Waals surface area contributed by atoms with Crippen molar-refractivity contribution in [2.45, 2.75) is 39.2 Å². The second kappa shape index (κ2) is 10.8. The van der Waals surface area contributed by atoms with Gasteiger partial charge in [0.1, 0.15) is 0 Å². The van der Waals surface area contributed by atoms with Crippen LogP contribution in [0, 0.1) is 5.92 Å². The third-order valence-electron chi connectivity index (χ3n) is 4.67. The van der Waals surface area contributed by atoms with Crippen LogP contribution < -0.4 is 10.6 Å². The van der Waals surface area contributed by atoms with Crippen molar-refractivity contribution in [3.8, 4) is 0 Å². The lowest BCUT2D eigenvalue weighted by atomic mass is 9.96. The fourth-order valence-electron chi connectivity index (χ4n) is 3.03. The van der Waals surface area contributed by atoms with Gasteiger partial charge in [0.25, 0.3) is 0 Å². The van der Waals surface area contributed by atoms with Gasteiger partial charge in [-0.3, -0.25) is 9.78 Å². The molecule has 1 aliphatic heterocycles. The van der Waals surface area contributed by atoms with Crippen LogP contribution in [0.1, 0.15) is 44.7 Å². The highest BCUT2D eigenvalue weighted by Gasteiger charge is 2.27. The van der Waals surface area contributed by atoms with E-state index in [-0.39, 0.29) is 23.9 Å². The lowest BCUT2D eigenvalue weighted by molar-refractivity contribution is -0.126. The zero-order chi connectivity index (χ0) is 18.8. The minimum Gasteiger partial charge on any atom is -0.382 e. The van der Waals surface area contributed by atoms with E-state index >= 15 is 0 Å². The Balaban J connectivity index is 1.68. The molecule has 0 radical (unpaired) electrons. The third-order valence-corrected chi connectivity index (χ3v) is 4.67. The number of carbonyl (C=O) groups excluding carboxylic acids is 2. The van der Waals surface area contributed by atoms with E-state index in [1.165, 1.54) is 0 Å². The first-order valence-corrected chi connectivity index (χ1v) is 9.42. The molecule has 7 nitrogen and oxygen atoms in total. The van der Waals surface area contributed by atoms with Gasteiger partial charge in [0.05, 0.1) is 6.04 Å². The van der Waals surface area contributed by atoms with Gasteiger partial charge >= 0.3 is 6.03 Å². The lowest BCUT2D eigenvalue weighted by Gasteiger charge is -2.32. The van der Waals surface area contributed by atoms with E-state index < -0.39 is 0 Å². The number of aromatic nitrogens is 1. The van der Waals surface area contributed by atoms with E-state index in [0.29, 0.717) is 45.7 Å². The van der Waals surface area contributed by atoms with E-state index in [2.05, 4.69) is 15.6 Å². The molecule has 2 rings (SSSR count). The number of rotatable bonds is 8. The Morgan fingerprint density at radius 3 is 2.65 bits per heavy atom. The summed E-state index contributed by atoms with van der Waals surface area (Å²) in [5.41, 5.74) is 1.02. The summed E-state index contributed by atoms with van der Waals surface area (Å²) >= 11 is 0. The molecule has 0 aliphatic carbocycles. The number of ether oxygens (including phenoxy) is 1. The first-order valence-electron chi connectivity index (χ1n) is 9.42. The summed E-state index contributed by atoms with van der Waals surface area (Å²) in [5, 5.41) is 5.97. The summed E-state index contributed by atoms with van der Waals surface area (Å²) in [6, 6.07) is 3.64. The van der Waals surface area contributed by atoms with Crippen LogP contribution in [0.2, 0.25) is 0 Å². The Morgan fingerprint density at radius 1 is 1.31 bits per heavy atom. The highest BCUT2D eigenvalue weighted by atomic mass is 16.5. The maximum absolute atomic E-state index is 12.4. The molecule has 1 aromatic heterocycles. The Hall–Kier alpha value is -2.15. The molecule has 1 atom stereocenters. The minimum absolute atomic E-state index is 0.0104. The molecule has 0 saturated carbocycles. The molecule has 26 heavy (non-hydrogen) atoms. The summed E-state index contributed by atoms with van der Waals surface area (Å²) in [4.78, 5) is 30.4. The molecular weight excluding hydrogens is 332 g/mol. The van der Waals surface area contributed by atoms with E-state index in [1.54, 1.807) is 17.3 Å². The molecule has 1 aromatic rings. The van der Waals surface area contributed by atoms with Gasteiger partial charge in [-0.1, -0.05) is 0 Å². The van der Waals surface area contributed by atoms with E-state index in [4.69, 9.17) is 4.74 Å². The third kappa shape index (κ3) is 6.29. The van der Waals surface area contributed by atoms with Gasteiger partial charge in [0.2, 0.25) is 5.91 Å². The van der Waals surface area contributed by atoms with Gasteiger partial charge in [-0.15, -0.1) is 0 Å². The van der Waals surface area contributed by atoms with Crippen LogP contribution in [0.25, 0.3) is 0 Å². The normalized spacial score (nSPS) is 16.2. The highest BCUT2D eigenvalue weighted by molar-refractivity contribution is 5.79. The highest BCUT2D eigenvalue weighted by Crippen LogP contribution is 2.18. The number of pyridine rings is 1. The van der Waals surface area contributed by atoms with Gasteiger partial charge < -0.3 is 20.3 Å². The van der Waals surface area contributed by atoms with Crippen molar-refractivity contribution in [2.24, 2.45) is 5.92 Å². The standard InChI is InChI=1S/C19H30N4O3/c1-3-26-14-4-9-21-18(24)17-7-12-23(13-8-17)19(25)22-15(2)16-5-10-20-11-6-16/h5-6,10-11,15,17H,3-4,7-9,12-14H2,1-2H3,(H,21,24)(H,22,25). The number of nitrogens with zero attached hydrogens (tertiary/aromatic N) is 2. The van der Waals surface area contributed by atoms with Crippen LogP contribution in [0.3, 0.4) is 0 Å². The maximum atomic E-state index is 12.4. The average molecular weight is 362 g/mol. The smallest absolute Gasteiger partial charge is 0.317 e. The van der Waals surface area contributed by atoms with Gasteiger partial charge in [-0.05, 0) is 50.8 Å². The summed E-state index contributed by atoms with van der Waals surface area (Å²) in [6.45, 7) is 7.14. The first-order chi connectivity index (χ1) is 12.6. The Bertz CT molecular complexity index is 559. The zero-order valence-electron chi connectivity index (χ0n) is 15.7. The van der Waals surface area contributed by atoms with Gasteiger partial charge in [0.15, 0.2) is 0 Å². The minimum atomic E-state index is -0.0788. The summed E-state index contributed by atoms with van der Waals surface area (Å²) < 4.78 is 5.26. The number of urea groups is 1. The van der Waals surface area contributed by atoms with Gasteiger partial charge in [-0.25, -0.2) is 4.79 Å². The molecule has 0 spiro atoms. The largest absolute Gasteiger partial charge is 0.382 e. The van der Waals surface area contributed by atoms with Crippen LogP contribution in [-0.2, 0) is 9.53 Å². The molecule has 2 N–H and O–H groups in total. The molecule has 1 aliphatic rings. The van der Waals surface area contributed by atoms with Crippen molar-refractivity contribution in [3.05, 3.63) is 30.1 Å². The number of amides is 3. The van der Waals surface area contributed by atoms with Crippen molar-refractivity contribution in [1.29, 1.82) is 0 Å². The van der Waals surface area contributed by atoms with Crippen LogP contribution in [-0.4, -0.2) is 54.7 Å². The fourth-order valence-corrected chi connectivity index (χ4v) is 3.03. The number of likely N-dealkylation sites (tertiary alicyclic amines) is 1.